The Balaban J connectivity index is 1.19. The smallest absolute Gasteiger partial charge is 0.493 e. The van der Waals surface area contributed by atoms with E-state index in [1.54, 1.807) is 10.9 Å². The van der Waals surface area contributed by atoms with Gasteiger partial charge in [-0.15, -0.1) is 0 Å². The number of fused-ring (bicyclic) bond motifs is 2. The second kappa shape index (κ2) is 14.7. The van der Waals surface area contributed by atoms with E-state index in [1.165, 1.54) is 12.8 Å². The SMILES string of the molecule is O=C(O)Oc1[nH]c2c(-c3c(C(=O)NCCCN4CCCC4)cnn3-c3ccccc3)cccc2c1CCCOc1cccc2ccccc12. The van der Waals surface area contributed by atoms with Gasteiger partial charge in [-0.2, -0.15) is 5.10 Å². The van der Waals surface area contributed by atoms with Crippen molar-refractivity contribution in [2.75, 3.05) is 32.8 Å². The molecule has 0 bridgehead atoms. The first kappa shape index (κ1) is 32.0. The summed E-state index contributed by atoms with van der Waals surface area (Å²) in [5, 5.41) is 20.3. The zero-order valence-corrected chi connectivity index (χ0v) is 27.2. The molecule has 49 heavy (non-hydrogen) atoms. The molecule has 1 fully saturated rings. The van der Waals surface area contributed by atoms with Crippen LogP contribution in [0, 0.1) is 0 Å². The lowest BCUT2D eigenvalue weighted by molar-refractivity contribution is 0.0952. The van der Waals surface area contributed by atoms with E-state index in [-0.39, 0.29) is 11.8 Å². The highest BCUT2D eigenvalue weighted by Crippen LogP contribution is 2.38. The van der Waals surface area contributed by atoms with Crippen LogP contribution in [0.1, 0.15) is 41.6 Å². The van der Waals surface area contributed by atoms with Crippen molar-refractivity contribution < 1.29 is 24.2 Å². The van der Waals surface area contributed by atoms with Crippen molar-refractivity contribution in [2.45, 2.75) is 32.1 Å². The van der Waals surface area contributed by atoms with Crippen molar-refractivity contribution in [3.8, 4) is 28.6 Å². The van der Waals surface area contributed by atoms with Gasteiger partial charge in [0.25, 0.3) is 5.91 Å². The van der Waals surface area contributed by atoms with Gasteiger partial charge in [-0.25, -0.2) is 9.48 Å². The van der Waals surface area contributed by atoms with E-state index in [1.807, 2.05) is 78.9 Å². The minimum Gasteiger partial charge on any atom is -0.493 e. The molecule has 0 saturated carbocycles. The summed E-state index contributed by atoms with van der Waals surface area (Å²) in [6, 6.07) is 29.5. The highest BCUT2D eigenvalue weighted by molar-refractivity contribution is 6.05. The fraction of sp³-hybridized carbons (Fsp3) is 0.256. The van der Waals surface area contributed by atoms with E-state index >= 15 is 0 Å². The molecular formula is C39H39N5O5. The van der Waals surface area contributed by atoms with Gasteiger partial charge in [-0.3, -0.25) is 4.79 Å². The van der Waals surface area contributed by atoms with E-state index in [2.05, 4.69) is 32.4 Å². The van der Waals surface area contributed by atoms with E-state index in [9.17, 15) is 14.7 Å². The average Bonchev–Trinajstić information content (AvgIpc) is 3.88. The third kappa shape index (κ3) is 7.00. The Labute approximate surface area is 284 Å². The monoisotopic (exact) mass is 657 g/mol. The molecule has 2 aromatic heterocycles. The number of aromatic nitrogens is 3. The molecule has 7 rings (SSSR count). The molecule has 0 atom stereocenters. The van der Waals surface area contributed by atoms with Crippen molar-refractivity contribution >= 4 is 33.7 Å². The van der Waals surface area contributed by atoms with Crippen LogP contribution in [-0.2, 0) is 6.42 Å². The second-order valence-electron chi connectivity index (χ2n) is 12.3. The summed E-state index contributed by atoms with van der Waals surface area (Å²) >= 11 is 0. The third-order valence-corrected chi connectivity index (χ3v) is 9.07. The number of rotatable bonds is 13. The maximum atomic E-state index is 13.7. The first-order chi connectivity index (χ1) is 24.1. The van der Waals surface area contributed by atoms with Crippen LogP contribution in [0.2, 0.25) is 0 Å². The first-order valence-electron chi connectivity index (χ1n) is 16.9. The molecule has 0 radical (unpaired) electrons. The van der Waals surface area contributed by atoms with Gasteiger partial charge >= 0.3 is 6.16 Å². The van der Waals surface area contributed by atoms with E-state index in [0.29, 0.717) is 48.3 Å². The van der Waals surface area contributed by atoms with Gasteiger partial charge in [0.2, 0.25) is 5.88 Å². The van der Waals surface area contributed by atoms with Crippen molar-refractivity contribution in [3.63, 3.8) is 0 Å². The lowest BCUT2D eigenvalue weighted by Gasteiger charge is -2.15. The number of benzene rings is 4. The summed E-state index contributed by atoms with van der Waals surface area (Å²) < 4.78 is 13.2. The number of likely N-dealkylation sites (tertiary alicyclic amines) is 1. The van der Waals surface area contributed by atoms with Gasteiger partial charge in [0.05, 0.1) is 35.3 Å². The standard InChI is InChI=1S/C39H39N5O5/c45-37(40-21-11-24-43-22-6-7-23-43)33-26-41-44(28-14-2-1-3-15-28)36(33)32-18-9-17-30-31(38(42-35(30)32)49-39(46)47)19-10-25-48-34-20-8-13-27-12-4-5-16-29(27)34/h1-5,8-9,12-18,20,26,42H,6-7,10-11,19,21-25H2,(H,40,45)(H,46,47). The van der Waals surface area contributed by atoms with Gasteiger partial charge in [0.15, 0.2) is 0 Å². The summed E-state index contributed by atoms with van der Waals surface area (Å²) in [5.74, 6) is 0.742. The summed E-state index contributed by atoms with van der Waals surface area (Å²) in [5.41, 5.74) is 3.90. The Kier molecular flexibility index (Phi) is 9.56. The third-order valence-electron chi connectivity index (χ3n) is 9.07. The molecule has 1 amide bonds. The van der Waals surface area contributed by atoms with Crippen molar-refractivity contribution in [1.29, 1.82) is 0 Å². The number of carboxylic acid groups (broad SMARTS) is 1. The normalized spacial score (nSPS) is 13.2. The number of carbonyl (C=O) groups is 2. The fourth-order valence-corrected chi connectivity index (χ4v) is 6.77. The predicted octanol–water partition coefficient (Wildman–Crippen LogP) is 7.46. The van der Waals surface area contributed by atoms with Gasteiger partial charge in [-0.1, -0.05) is 72.8 Å². The van der Waals surface area contributed by atoms with Crippen LogP contribution in [0.4, 0.5) is 4.79 Å². The number of carbonyl (C=O) groups excluding carboxylic acids is 1. The molecule has 0 unspecified atom stereocenters. The Hall–Kier alpha value is -5.61. The topological polar surface area (TPSA) is 122 Å². The Morgan fingerprint density at radius 1 is 0.878 bits per heavy atom. The molecule has 3 heterocycles. The Morgan fingerprint density at radius 2 is 1.63 bits per heavy atom. The number of nitrogens with one attached hydrogen (secondary N) is 2. The number of hydrogen-bond acceptors (Lipinski definition) is 6. The number of para-hydroxylation sites is 2. The van der Waals surface area contributed by atoms with Crippen LogP contribution < -0.4 is 14.8 Å². The van der Waals surface area contributed by atoms with Crippen molar-refractivity contribution in [2.24, 2.45) is 0 Å². The van der Waals surface area contributed by atoms with Crippen LogP contribution in [0.5, 0.6) is 11.6 Å². The zero-order valence-electron chi connectivity index (χ0n) is 27.2. The molecule has 1 aliphatic heterocycles. The summed E-state index contributed by atoms with van der Waals surface area (Å²) in [4.78, 5) is 31.2. The van der Waals surface area contributed by atoms with Crippen LogP contribution in [0.3, 0.4) is 0 Å². The lowest BCUT2D eigenvalue weighted by atomic mass is 10.0. The quantitative estimate of drug-likeness (QED) is 0.0871. The molecule has 1 saturated heterocycles. The average molecular weight is 658 g/mol. The number of aryl methyl sites for hydroxylation is 1. The fourth-order valence-electron chi connectivity index (χ4n) is 6.77. The Morgan fingerprint density at radius 3 is 2.47 bits per heavy atom. The molecule has 250 valence electrons. The largest absolute Gasteiger partial charge is 0.512 e. The molecule has 0 spiro atoms. The summed E-state index contributed by atoms with van der Waals surface area (Å²) in [6.07, 6.45) is 4.63. The molecule has 10 heteroatoms. The maximum Gasteiger partial charge on any atom is 0.512 e. The summed E-state index contributed by atoms with van der Waals surface area (Å²) in [6.45, 7) is 4.18. The van der Waals surface area contributed by atoms with Crippen LogP contribution >= 0.6 is 0 Å². The van der Waals surface area contributed by atoms with E-state index in [0.717, 1.165) is 59.2 Å². The molecular weight excluding hydrogens is 618 g/mol. The van der Waals surface area contributed by atoms with E-state index in [4.69, 9.17) is 9.47 Å². The highest BCUT2D eigenvalue weighted by Gasteiger charge is 2.25. The minimum absolute atomic E-state index is 0.152. The Bertz CT molecular complexity index is 2080. The molecule has 6 aromatic rings. The van der Waals surface area contributed by atoms with Crippen molar-refractivity contribution in [3.05, 3.63) is 108 Å². The molecule has 0 aliphatic carbocycles. The number of aromatic amines is 1. The van der Waals surface area contributed by atoms with Gasteiger partial charge in [0, 0.05) is 28.4 Å². The molecule has 1 aliphatic rings. The zero-order chi connectivity index (χ0) is 33.6. The molecule has 10 nitrogen and oxygen atoms in total. The lowest BCUT2D eigenvalue weighted by Crippen LogP contribution is -2.28. The van der Waals surface area contributed by atoms with Gasteiger partial charge < -0.3 is 29.8 Å². The van der Waals surface area contributed by atoms with Crippen LogP contribution in [0.15, 0.2) is 97.2 Å². The number of hydrogen-bond donors (Lipinski definition) is 3. The second-order valence-corrected chi connectivity index (χ2v) is 12.3. The van der Waals surface area contributed by atoms with Crippen LogP contribution in [0.25, 0.3) is 38.6 Å². The minimum atomic E-state index is -1.41. The maximum absolute atomic E-state index is 13.7. The molecule has 3 N–H and O–H groups in total. The molecule has 4 aromatic carbocycles. The predicted molar refractivity (Wildman–Crippen MR) is 190 cm³/mol. The van der Waals surface area contributed by atoms with Gasteiger partial charge in [0.1, 0.15) is 5.75 Å². The first-order valence-corrected chi connectivity index (χ1v) is 16.9. The number of H-pyrrole nitrogens is 1. The number of amides is 1. The highest BCUT2D eigenvalue weighted by atomic mass is 16.7. The van der Waals surface area contributed by atoms with Gasteiger partial charge in [-0.05, 0) is 75.3 Å². The summed E-state index contributed by atoms with van der Waals surface area (Å²) in [7, 11) is 0. The number of nitrogens with zero attached hydrogens (tertiary/aromatic N) is 3. The van der Waals surface area contributed by atoms with E-state index < -0.39 is 6.16 Å². The van der Waals surface area contributed by atoms with Crippen molar-refractivity contribution in [1.82, 2.24) is 25.0 Å². The van der Waals surface area contributed by atoms with Crippen LogP contribution in [-0.4, -0.2) is 69.6 Å². The number of ether oxygens (including phenoxy) is 2.